The Bertz CT molecular complexity index is 677. The number of hydrogen-bond acceptors (Lipinski definition) is 4. The van der Waals surface area contributed by atoms with Crippen molar-refractivity contribution in [2.45, 2.75) is 13.3 Å². The second-order valence-electron chi connectivity index (χ2n) is 4.18. The summed E-state index contributed by atoms with van der Waals surface area (Å²) in [4.78, 5) is 11.6. The van der Waals surface area contributed by atoms with Crippen molar-refractivity contribution in [1.29, 1.82) is 0 Å². The summed E-state index contributed by atoms with van der Waals surface area (Å²) in [5.41, 5.74) is 7.04. The topological polar surface area (TPSA) is 72.5 Å². The molecule has 0 aliphatic rings. The molecule has 0 unspecified atom stereocenters. The molecule has 1 heterocycles. The van der Waals surface area contributed by atoms with E-state index in [2.05, 4.69) is 4.74 Å². The van der Waals surface area contributed by atoms with Crippen molar-refractivity contribution >= 4 is 23.0 Å². The maximum atomic E-state index is 12.1. The van der Waals surface area contributed by atoms with Gasteiger partial charge in [-0.05, 0) is 42.3 Å². The van der Waals surface area contributed by atoms with Crippen LogP contribution in [0.5, 0.6) is 5.75 Å². The molecule has 2 aromatic rings. The molecule has 1 aromatic heterocycles. The highest BCUT2D eigenvalue weighted by Gasteiger charge is 2.31. The summed E-state index contributed by atoms with van der Waals surface area (Å²) in [6, 6.07) is 5.17. The molecule has 0 bridgehead atoms. The Balaban J connectivity index is 2.35. The lowest BCUT2D eigenvalue weighted by molar-refractivity contribution is -0.274. The maximum absolute atomic E-state index is 12.1. The van der Waals surface area contributed by atoms with Crippen LogP contribution in [0.2, 0.25) is 0 Å². The number of aromatic carboxylic acids is 1. The van der Waals surface area contributed by atoms with E-state index in [1.54, 1.807) is 6.92 Å². The summed E-state index contributed by atoms with van der Waals surface area (Å²) in [7, 11) is 0. The van der Waals surface area contributed by atoms with E-state index in [0.717, 1.165) is 11.3 Å². The lowest BCUT2D eigenvalue weighted by atomic mass is 10.1. The van der Waals surface area contributed by atoms with Gasteiger partial charge in [-0.15, -0.1) is 24.5 Å². The first kappa shape index (κ1) is 15.2. The summed E-state index contributed by atoms with van der Waals surface area (Å²) in [5.74, 6) is -1.48. The Morgan fingerprint density at radius 1 is 1.29 bits per heavy atom. The fourth-order valence-electron chi connectivity index (χ4n) is 1.77. The van der Waals surface area contributed by atoms with Gasteiger partial charge in [0, 0.05) is 4.88 Å². The van der Waals surface area contributed by atoms with Gasteiger partial charge in [-0.2, -0.15) is 0 Å². The minimum absolute atomic E-state index is 0.0121. The normalized spacial score (nSPS) is 11.4. The van der Waals surface area contributed by atoms with Crippen LogP contribution in [0.25, 0.3) is 10.4 Å². The number of anilines is 1. The number of hydrogen-bond donors (Lipinski definition) is 2. The van der Waals surface area contributed by atoms with Crippen LogP contribution in [-0.2, 0) is 0 Å². The summed E-state index contributed by atoms with van der Waals surface area (Å²) in [6.45, 7) is 1.66. The Morgan fingerprint density at radius 3 is 2.29 bits per heavy atom. The Morgan fingerprint density at radius 2 is 1.86 bits per heavy atom. The van der Waals surface area contributed by atoms with E-state index in [1.165, 1.54) is 24.3 Å². The molecular weight excluding hydrogens is 307 g/mol. The Hall–Kier alpha value is -2.22. The number of carbonyl (C=O) groups is 1. The average Bonchev–Trinajstić information content (AvgIpc) is 2.66. The summed E-state index contributed by atoms with van der Waals surface area (Å²) in [5, 5.41) is 9.01. The molecule has 0 spiro atoms. The van der Waals surface area contributed by atoms with Gasteiger partial charge in [0.1, 0.15) is 10.6 Å². The third-order valence-electron chi connectivity index (χ3n) is 2.74. The van der Waals surface area contributed by atoms with Crippen LogP contribution < -0.4 is 10.5 Å². The third kappa shape index (κ3) is 3.27. The van der Waals surface area contributed by atoms with Gasteiger partial charge in [-0.3, -0.25) is 0 Å². The van der Waals surface area contributed by atoms with Crippen LogP contribution in [0.15, 0.2) is 24.3 Å². The standard InChI is InChI=1S/C13H10F3NO3S/c1-6-9(17)11(12(18)19)21-10(6)7-2-4-8(5-3-7)20-13(14,15)16/h2-5H,17H2,1H3,(H,18,19). The monoisotopic (exact) mass is 317 g/mol. The minimum atomic E-state index is -4.75. The largest absolute Gasteiger partial charge is 0.573 e. The highest BCUT2D eigenvalue weighted by molar-refractivity contribution is 7.18. The van der Waals surface area contributed by atoms with Crippen LogP contribution in [0.3, 0.4) is 0 Å². The zero-order chi connectivity index (χ0) is 15.8. The second kappa shape index (κ2) is 5.28. The van der Waals surface area contributed by atoms with Crippen molar-refractivity contribution in [3.05, 3.63) is 34.7 Å². The molecular formula is C13H10F3NO3S. The van der Waals surface area contributed by atoms with Gasteiger partial charge in [-0.25, -0.2) is 4.79 Å². The molecule has 0 saturated carbocycles. The molecule has 1 aromatic carbocycles. The molecule has 3 N–H and O–H groups in total. The lowest BCUT2D eigenvalue weighted by Crippen LogP contribution is -2.16. The van der Waals surface area contributed by atoms with Gasteiger partial charge in [0.25, 0.3) is 0 Å². The first-order chi connectivity index (χ1) is 9.69. The molecule has 4 nitrogen and oxygen atoms in total. The molecule has 0 aliphatic heterocycles. The zero-order valence-corrected chi connectivity index (χ0v) is 11.5. The molecule has 0 atom stereocenters. The van der Waals surface area contributed by atoms with Gasteiger partial charge >= 0.3 is 12.3 Å². The number of halogens is 3. The molecule has 0 aliphatic carbocycles. The quantitative estimate of drug-likeness (QED) is 0.900. The number of benzene rings is 1. The smallest absolute Gasteiger partial charge is 0.477 e. The van der Waals surface area contributed by atoms with Crippen molar-refractivity contribution < 1.29 is 27.8 Å². The third-order valence-corrected chi connectivity index (χ3v) is 4.08. The first-order valence-electron chi connectivity index (χ1n) is 5.67. The van der Waals surface area contributed by atoms with E-state index in [-0.39, 0.29) is 16.3 Å². The number of nitrogens with two attached hydrogens (primary N) is 1. The number of nitrogen functional groups attached to an aromatic ring is 1. The van der Waals surface area contributed by atoms with Gasteiger partial charge < -0.3 is 15.6 Å². The van der Waals surface area contributed by atoms with Gasteiger partial charge in [-0.1, -0.05) is 0 Å². The number of thiophene rings is 1. The predicted molar refractivity (Wildman–Crippen MR) is 72.5 cm³/mol. The number of rotatable bonds is 3. The molecule has 8 heteroatoms. The summed E-state index contributed by atoms with van der Waals surface area (Å²) < 4.78 is 40.0. The van der Waals surface area contributed by atoms with E-state index in [0.29, 0.717) is 16.0 Å². The highest BCUT2D eigenvalue weighted by Crippen LogP contribution is 2.38. The molecule has 2 rings (SSSR count). The summed E-state index contributed by atoms with van der Waals surface area (Å²) in [6.07, 6.45) is -4.75. The van der Waals surface area contributed by atoms with E-state index in [4.69, 9.17) is 10.8 Å². The van der Waals surface area contributed by atoms with Gasteiger partial charge in [0.15, 0.2) is 0 Å². The fourth-order valence-corrected chi connectivity index (χ4v) is 2.84. The minimum Gasteiger partial charge on any atom is -0.477 e. The molecule has 0 saturated heterocycles. The van der Waals surface area contributed by atoms with Crippen LogP contribution in [0, 0.1) is 6.92 Å². The number of carboxylic acids is 1. The highest BCUT2D eigenvalue weighted by atomic mass is 32.1. The zero-order valence-electron chi connectivity index (χ0n) is 10.7. The maximum Gasteiger partial charge on any atom is 0.573 e. The Kier molecular flexibility index (Phi) is 3.82. The molecule has 0 radical (unpaired) electrons. The SMILES string of the molecule is Cc1c(-c2ccc(OC(F)(F)F)cc2)sc(C(=O)O)c1N. The van der Waals surface area contributed by atoms with Crippen LogP contribution in [0.1, 0.15) is 15.2 Å². The van der Waals surface area contributed by atoms with Crippen LogP contribution in [-0.4, -0.2) is 17.4 Å². The number of carboxylic acid groups (broad SMARTS) is 1. The van der Waals surface area contributed by atoms with E-state index >= 15 is 0 Å². The number of alkyl halides is 3. The van der Waals surface area contributed by atoms with Crippen LogP contribution in [0.4, 0.5) is 18.9 Å². The lowest BCUT2D eigenvalue weighted by Gasteiger charge is -2.09. The number of ether oxygens (including phenoxy) is 1. The molecule has 112 valence electrons. The van der Waals surface area contributed by atoms with Gasteiger partial charge in [0.2, 0.25) is 0 Å². The van der Waals surface area contributed by atoms with Crippen molar-refractivity contribution in [3.8, 4) is 16.2 Å². The average molecular weight is 317 g/mol. The van der Waals surface area contributed by atoms with E-state index in [1.807, 2.05) is 0 Å². The second-order valence-corrected chi connectivity index (χ2v) is 5.20. The Labute approximate surface area is 121 Å². The van der Waals surface area contributed by atoms with Crippen LogP contribution >= 0.6 is 11.3 Å². The van der Waals surface area contributed by atoms with E-state index in [9.17, 15) is 18.0 Å². The van der Waals surface area contributed by atoms with Crippen molar-refractivity contribution in [1.82, 2.24) is 0 Å². The van der Waals surface area contributed by atoms with Crippen molar-refractivity contribution in [2.75, 3.05) is 5.73 Å². The molecule has 21 heavy (non-hydrogen) atoms. The van der Waals surface area contributed by atoms with E-state index < -0.39 is 12.3 Å². The predicted octanol–water partition coefficient (Wildman–Crippen LogP) is 3.90. The van der Waals surface area contributed by atoms with Crippen molar-refractivity contribution in [2.24, 2.45) is 0 Å². The molecule has 0 fully saturated rings. The first-order valence-corrected chi connectivity index (χ1v) is 6.49. The summed E-state index contributed by atoms with van der Waals surface area (Å²) >= 11 is 0.979. The fraction of sp³-hybridized carbons (Fsp3) is 0.154. The van der Waals surface area contributed by atoms with Crippen molar-refractivity contribution in [3.63, 3.8) is 0 Å². The van der Waals surface area contributed by atoms with Gasteiger partial charge in [0.05, 0.1) is 5.69 Å². The molecule has 0 amide bonds.